The number of hydrogen-bond donors (Lipinski definition) is 1. The topological polar surface area (TPSA) is 54.5 Å². The van der Waals surface area contributed by atoms with E-state index in [9.17, 15) is 4.79 Å². The molecule has 3 heterocycles. The normalized spacial score (nSPS) is 15.1. The summed E-state index contributed by atoms with van der Waals surface area (Å²) in [6, 6.07) is 16.2. The second kappa shape index (κ2) is 9.41. The molecule has 1 amide bonds. The van der Waals surface area contributed by atoms with Crippen LogP contribution in [0.4, 0.5) is 0 Å². The maximum Gasteiger partial charge on any atom is 0.261 e. The van der Waals surface area contributed by atoms with Gasteiger partial charge in [0.05, 0.1) is 17.7 Å². The third kappa shape index (κ3) is 4.89. The summed E-state index contributed by atoms with van der Waals surface area (Å²) in [6.07, 6.45) is 3.77. The van der Waals surface area contributed by atoms with E-state index in [1.807, 2.05) is 48.7 Å². The summed E-state index contributed by atoms with van der Waals surface area (Å²) in [5.74, 6) is 0.866. The number of likely N-dealkylation sites (tertiary alicyclic amines) is 1. The predicted octanol–water partition coefficient (Wildman–Crippen LogP) is 4.52. The molecule has 1 N–H and O–H groups in total. The number of thiophene rings is 1. The number of aryl methyl sites for hydroxylation is 1. The Hall–Kier alpha value is -2.70. The molecule has 1 aliphatic rings. The average molecular weight is 422 g/mol. The number of carbonyl (C=O) groups is 1. The monoisotopic (exact) mass is 421 g/mol. The molecule has 0 aliphatic carbocycles. The van der Waals surface area contributed by atoms with Gasteiger partial charge in [-0.2, -0.15) is 0 Å². The lowest BCUT2D eigenvalue weighted by Gasteiger charge is -2.32. The van der Waals surface area contributed by atoms with E-state index in [0.717, 1.165) is 64.8 Å². The lowest BCUT2D eigenvalue weighted by molar-refractivity contribution is 0.0912. The highest BCUT2D eigenvalue weighted by Crippen LogP contribution is 2.32. The van der Waals surface area contributed by atoms with Crippen LogP contribution in [0.25, 0.3) is 11.1 Å². The molecule has 0 unspecified atom stereocenters. The smallest absolute Gasteiger partial charge is 0.261 e. The van der Waals surface area contributed by atoms with Gasteiger partial charge in [-0.3, -0.25) is 14.7 Å². The van der Waals surface area contributed by atoms with Crippen LogP contribution < -0.4 is 10.1 Å². The van der Waals surface area contributed by atoms with Gasteiger partial charge in [0.15, 0.2) is 0 Å². The summed E-state index contributed by atoms with van der Waals surface area (Å²) in [5, 5.41) is 3.24. The molecule has 0 atom stereocenters. The Morgan fingerprint density at radius 2 is 1.97 bits per heavy atom. The molecule has 1 aliphatic heterocycles. The van der Waals surface area contributed by atoms with Gasteiger partial charge in [-0.05, 0) is 61.2 Å². The molecule has 156 valence electrons. The number of rotatable bonds is 6. The maximum atomic E-state index is 12.8. The van der Waals surface area contributed by atoms with Crippen molar-refractivity contribution in [2.24, 2.45) is 0 Å². The van der Waals surface area contributed by atoms with Crippen molar-refractivity contribution < 1.29 is 9.53 Å². The summed E-state index contributed by atoms with van der Waals surface area (Å²) in [5.41, 5.74) is 3.31. The van der Waals surface area contributed by atoms with Crippen molar-refractivity contribution in [2.75, 3.05) is 20.2 Å². The molecule has 0 spiro atoms. The first-order valence-corrected chi connectivity index (χ1v) is 11.1. The van der Waals surface area contributed by atoms with Crippen LogP contribution in [-0.2, 0) is 6.54 Å². The number of aromatic nitrogens is 1. The average Bonchev–Trinajstić information content (AvgIpc) is 3.18. The van der Waals surface area contributed by atoms with Crippen LogP contribution in [0.2, 0.25) is 0 Å². The number of nitrogens with one attached hydrogen (secondary N) is 1. The standard InChI is InChI=1S/C24H27N3O2S/c1-17-22(18-6-8-21(29-2)9-7-18)15-23(30-17)24(28)26-19-10-13-27(14-11-19)16-20-5-3-4-12-25-20/h3-9,12,15,19H,10-11,13-14,16H2,1-2H3,(H,26,28). The van der Waals surface area contributed by atoms with Gasteiger partial charge in [0.1, 0.15) is 5.75 Å². The van der Waals surface area contributed by atoms with Gasteiger partial charge in [-0.25, -0.2) is 0 Å². The maximum absolute atomic E-state index is 12.8. The molecule has 0 bridgehead atoms. The van der Waals surface area contributed by atoms with E-state index in [1.165, 1.54) is 0 Å². The predicted molar refractivity (Wildman–Crippen MR) is 121 cm³/mol. The van der Waals surface area contributed by atoms with Crippen molar-refractivity contribution >= 4 is 17.2 Å². The van der Waals surface area contributed by atoms with E-state index < -0.39 is 0 Å². The van der Waals surface area contributed by atoms with Gasteiger partial charge < -0.3 is 10.1 Å². The number of hydrogen-bond acceptors (Lipinski definition) is 5. The van der Waals surface area contributed by atoms with E-state index in [-0.39, 0.29) is 11.9 Å². The summed E-state index contributed by atoms with van der Waals surface area (Å²) in [7, 11) is 1.66. The number of nitrogens with zero attached hydrogens (tertiary/aromatic N) is 2. The second-order valence-electron chi connectivity index (χ2n) is 7.65. The van der Waals surface area contributed by atoms with Gasteiger partial charge in [0, 0.05) is 36.8 Å². The molecule has 1 saturated heterocycles. The minimum atomic E-state index is 0.0334. The highest BCUT2D eigenvalue weighted by Gasteiger charge is 2.22. The molecule has 1 fully saturated rings. The first-order valence-electron chi connectivity index (χ1n) is 10.3. The molecule has 5 nitrogen and oxygen atoms in total. The fourth-order valence-electron chi connectivity index (χ4n) is 3.86. The van der Waals surface area contributed by atoms with Crippen LogP contribution in [0.1, 0.15) is 33.1 Å². The molecule has 0 radical (unpaired) electrons. The molecule has 1 aromatic carbocycles. The Morgan fingerprint density at radius 1 is 1.20 bits per heavy atom. The Kier molecular flexibility index (Phi) is 6.45. The largest absolute Gasteiger partial charge is 0.497 e. The van der Waals surface area contributed by atoms with Gasteiger partial charge in [-0.15, -0.1) is 11.3 Å². The SMILES string of the molecule is COc1ccc(-c2cc(C(=O)NC3CCN(Cc4ccccn4)CC3)sc2C)cc1. The minimum Gasteiger partial charge on any atom is -0.497 e. The molecule has 3 aromatic rings. The van der Waals surface area contributed by atoms with Crippen LogP contribution in [-0.4, -0.2) is 42.0 Å². The molecule has 4 rings (SSSR count). The number of ether oxygens (including phenoxy) is 1. The van der Waals surface area contributed by atoms with Crippen molar-refractivity contribution in [1.82, 2.24) is 15.2 Å². The van der Waals surface area contributed by atoms with Crippen molar-refractivity contribution in [3.05, 3.63) is 70.2 Å². The van der Waals surface area contributed by atoms with E-state index >= 15 is 0 Å². The fraction of sp³-hybridized carbons (Fsp3) is 0.333. The summed E-state index contributed by atoms with van der Waals surface area (Å²) >= 11 is 1.56. The molecule has 30 heavy (non-hydrogen) atoms. The van der Waals surface area contributed by atoms with Crippen LogP contribution in [0.5, 0.6) is 5.75 Å². The quantitative estimate of drug-likeness (QED) is 0.636. The Balaban J connectivity index is 1.33. The number of methoxy groups -OCH3 is 1. The zero-order chi connectivity index (χ0) is 20.9. The number of carbonyl (C=O) groups excluding carboxylic acids is 1. The third-order valence-corrected chi connectivity index (χ3v) is 6.63. The van der Waals surface area contributed by atoms with Crippen molar-refractivity contribution in [2.45, 2.75) is 32.4 Å². The molecule has 6 heteroatoms. The third-order valence-electron chi connectivity index (χ3n) is 5.58. The molecular formula is C24H27N3O2S. The van der Waals surface area contributed by atoms with Gasteiger partial charge in [0.25, 0.3) is 5.91 Å². The van der Waals surface area contributed by atoms with Crippen molar-refractivity contribution in [1.29, 1.82) is 0 Å². The van der Waals surface area contributed by atoms with E-state index in [1.54, 1.807) is 18.4 Å². The lowest BCUT2D eigenvalue weighted by atomic mass is 10.0. The summed E-state index contributed by atoms with van der Waals surface area (Å²) in [6.45, 7) is 4.89. The van der Waals surface area contributed by atoms with E-state index in [2.05, 4.69) is 28.2 Å². The van der Waals surface area contributed by atoms with Crippen LogP contribution in [0.15, 0.2) is 54.7 Å². The number of piperidine rings is 1. The van der Waals surface area contributed by atoms with Gasteiger partial charge in [-0.1, -0.05) is 18.2 Å². The van der Waals surface area contributed by atoms with Gasteiger partial charge >= 0.3 is 0 Å². The van der Waals surface area contributed by atoms with Crippen LogP contribution >= 0.6 is 11.3 Å². The highest BCUT2D eigenvalue weighted by molar-refractivity contribution is 7.14. The summed E-state index contributed by atoms with van der Waals surface area (Å²) < 4.78 is 5.24. The lowest BCUT2D eigenvalue weighted by Crippen LogP contribution is -2.44. The Morgan fingerprint density at radius 3 is 2.63 bits per heavy atom. The number of pyridine rings is 1. The molecule has 0 saturated carbocycles. The highest BCUT2D eigenvalue weighted by atomic mass is 32.1. The van der Waals surface area contributed by atoms with Crippen molar-refractivity contribution in [3.63, 3.8) is 0 Å². The Bertz CT molecular complexity index is 977. The van der Waals surface area contributed by atoms with Gasteiger partial charge in [0.2, 0.25) is 0 Å². The summed E-state index contributed by atoms with van der Waals surface area (Å²) in [4.78, 5) is 21.6. The zero-order valence-corrected chi connectivity index (χ0v) is 18.2. The Labute approximate surface area is 181 Å². The number of benzene rings is 1. The molecule has 2 aromatic heterocycles. The fourth-order valence-corrected chi connectivity index (χ4v) is 4.81. The number of amides is 1. The van der Waals surface area contributed by atoms with E-state index in [0.29, 0.717) is 0 Å². The van der Waals surface area contributed by atoms with E-state index in [4.69, 9.17) is 4.74 Å². The molecular weight excluding hydrogens is 394 g/mol. The van der Waals surface area contributed by atoms with Crippen molar-refractivity contribution in [3.8, 4) is 16.9 Å². The minimum absolute atomic E-state index is 0.0334. The zero-order valence-electron chi connectivity index (χ0n) is 17.4. The second-order valence-corrected chi connectivity index (χ2v) is 8.91. The first kappa shape index (κ1) is 20.6. The van der Waals surface area contributed by atoms with Crippen LogP contribution in [0, 0.1) is 6.92 Å². The van der Waals surface area contributed by atoms with Crippen LogP contribution in [0.3, 0.4) is 0 Å². The first-order chi connectivity index (χ1) is 14.6.